The molecule has 0 bridgehead atoms. The van der Waals surface area contributed by atoms with Gasteiger partial charge < -0.3 is 10.1 Å². The third-order valence-corrected chi connectivity index (χ3v) is 2.56. The number of nitrogens with zero attached hydrogens (tertiary/aromatic N) is 1. The SMILES string of the molecule is O=C(Nc1ccc(OC(F)(F)F)cc1)c1ccc(Cl)nc1. The van der Waals surface area contributed by atoms with Gasteiger partial charge in [0.2, 0.25) is 0 Å². The number of pyridine rings is 1. The fraction of sp³-hybridized carbons (Fsp3) is 0.0769. The van der Waals surface area contributed by atoms with Crippen LogP contribution in [-0.4, -0.2) is 17.3 Å². The van der Waals surface area contributed by atoms with Gasteiger partial charge in [-0.05, 0) is 36.4 Å². The molecule has 0 radical (unpaired) electrons. The van der Waals surface area contributed by atoms with Crippen molar-refractivity contribution in [3.8, 4) is 5.75 Å². The first-order chi connectivity index (χ1) is 9.83. The molecule has 2 rings (SSSR count). The molecule has 8 heteroatoms. The van der Waals surface area contributed by atoms with Crippen molar-refractivity contribution in [1.82, 2.24) is 4.98 Å². The van der Waals surface area contributed by atoms with Crippen molar-refractivity contribution in [2.45, 2.75) is 6.36 Å². The Kier molecular flexibility index (Phi) is 4.32. The molecule has 2 aromatic rings. The van der Waals surface area contributed by atoms with Crippen molar-refractivity contribution in [2.24, 2.45) is 0 Å². The lowest BCUT2D eigenvalue weighted by Gasteiger charge is -2.10. The predicted molar refractivity (Wildman–Crippen MR) is 70.3 cm³/mol. The van der Waals surface area contributed by atoms with Crippen LogP contribution in [0.5, 0.6) is 5.75 Å². The van der Waals surface area contributed by atoms with Crippen LogP contribution in [0.4, 0.5) is 18.9 Å². The quantitative estimate of drug-likeness (QED) is 0.874. The highest BCUT2D eigenvalue weighted by Crippen LogP contribution is 2.24. The van der Waals surface area contributed by atoms with Crippen LogP contribution in [0.2, 0.25) is 5.15 Å². The van der Waals surface area contributed by atoms with Crippen molar-refractivity contribution >= 4 is 23.2 Å². The van der Waals surface area contributed by atoms with E-state index < -0.39 is 12.3 Å². The predicted octanol–water partition coefficient (Wildman–Crippen LogP) is 3.89. The van der Waals surface area contributed by atoms with Crippen LogP contribution in [0.15, 0.2) is 42.6 Å². The van der Waals surface area contributed by atoms with Gasteiger partial charge in [0.25, 0.3) is 5.91 Å². The number of carbonyl (C=O) groups excluding carboxylic acids is 1. The summed E-state index contributed by atoms with van der Waals surface area (Å²) in [5.74, 6) is -0.822. The summed E-state index contributed by atoms with van der Waals surface area (Å²) in [7, 11) is 0. The molecular formula is C13H8ClF3N2O2. The van der Waals surface area contributed by atoms with Gasteiger partial charge in [0.15, 0.2) is 0 Å². The maximum Gasteiger partial charge on any atom is 0.573 e. The van der Waals surface area contributed by atoms with Gasteiger partial charge in [0, 0.05) is 11.9 Å². The maximum absolute atomic E-state index is 12.0. The second kappa shape index (κ2) is 6.01. The largest absolute Gasteiger partial charge is 0.573 e. The van der Waals surface area contributed by atoms with E-state index in [4.69, 9.17) is 11.6 Å². The average molecular weight is 317 g/mol. The number of alkyl halides is 3. The van der Waals surface area contributed by atoms with E-state index in [9.17, 15) is 18.0 Å². The van der Waals surface area contributed by atoms with Gasteiger partial charge in [-0.25, -0.2) is 4.98 Å². The van der Waals surface area contributed by atoms with Gasteiger partial charge in [0.05, 0.1) is 5.56 Å². The number of amides is 1. The molecule has 1 aromatic carbocycles. The Labute approximate surface area is 122 Å². The van der Waals surface area contributed by atoms with Crippen LogP contribution in [0, 0.1) is 0 Å². The van der Waals surface area contributed by atoms with Crippen molar-refractivity contribution in [1.29, 1.82) is 0 Å². The number of halogens is 4. The molecule has 0 aliphatic carbocycles. The fourth-order valence-electron chi connectivity index (χ4n) is 1.45. The van der Waals surface area contributed by atoms with Gasteiger partial charge in [-0.2, -0.15) is 0 Å². The molecule has 0 aliphatic rings. The summed E-state index contributed by atoms with van der Waals surface area (Å²) in [6.45, 7) is 0. The molecule has 0 aliphatic heterocycles. The van der Waals surface area contributed by atoms with E-state index in [1.54, 1.807) is 0 Å². The van der Waals surface area contributed by atoms with Crippen LogP contribution in [0.3, 0.4) is 0 Å². The number of rotatable bonds is 3. The van der Waals surface area contributed by atoms with Crippen molar-refractivity contribution in [3.63, 3.8) is 0 Å². The summed E-state index contributed by atoms with van der Waals surface area (Å²) in [6, 6.07) is 7.72. The maximum atomic E-state index is 12.0. The zero-order chi connectivity index (χ0) is 15.5. The molecule has 1 aromatic heterocycles. The summed E-state index contributed by atoms with van der Waals surface area (Å²) >= 11 is 5.60. The van der Waals surface area contributed by atoms with E-state index in [2.05, 4.69) is 15.0 Å². The third-order valence-electron chi connectivity index (χ3n) is 2.34. The molecule has 110 valence electrons. The molecule has 0 unspecified atom stereocenters. The standard InChI is InChI=1S/C13H8ClF3N2O2/c14-11-6-1-8(7-18-11)12(20)19-9-2-4-10(5-3-9)21-13(15,16)17/h1-7H,(H,19,20). The van der Waals surface area contributed by atoms with Crippen LogP contribution < -0.4 is 10.1 Å². The highest BCUT2D eigenvalue weighted by Gasteiger charge is 2.30. The van der Waals surface area contributed by atoms with Gasteiger partial charge in [-0.3, -0.25) is 4.79 Å². The van der Waals surface area contributed by atoms with Crippen molar-refractivity contribution < 1.29 is 22.7 Å². The van der Waals surface area contributed by atoms with Crippen LogP contribution >= 0.6 is 11.6 Å². The Balaban J connectivity index is 2.03. The normalized spacial score (nSPS) is 11.0. The van der Waals surface area contributed by atoms with Crippen molar-refractivity contribution in [3.05, 3.63) is 53.3 Å². The van der Waals surface area contributed by atoms with E-state index in [1.807, 2.05) is 0 Å². The lowest BCUT2D eigenvalue weighted by molar-refractivity contribution is -0.274. The summed E-state index contributed by atoms with van der Waals surface area (Å²) < 4.78 is 39.7. The summed E-state index contributed by atoms with van der Waals surface area (Å²) in [5.41, 5.74) is 0.597. The zero-order valence-electron chi connectivity index (χ0n) is 10.3. The van der Waals surface area contributed by atoms with Gasteiger partial charge >= 0.3 is 6.36 Å². The topological polar surface area (TPSA) is 51.2 Å². The Bertz CT molecular complexity index is 627. The average Bonchev–Trinajstić information content (AvgIpc) is 2.40. The third kappa shape index (κ3) is 4.64. The number of benzene rings is 1. The number of nitrogens with one attached hydrogen (secondary N) is 1. The Morgan fingerprint density at radius 1 is 1.14 bits per heavy atom. The second-order valence-corrected chi connectivity index (χ2v) is 4.28. The number of hydrogen-bond donors (Lipinski definition) is 1. The smallest absolute Gasteiger partial charge is 0.406 e. The van der Waals surface area contributed by atoms with Crippen LogP contribution in [-0.2, 0) is 0 Å². The molecule has 21 heavy (non-hydrogen) atoms. The minimum Gasteiger partial charge on any atom is -0.406 e. The first-order valence-corrected chi connectivity index (χ1v) is 6.00. The minimum atomic E-state index is -4.75. The number of aromatic nitrogens is 1. The van der Waals surface area contributed by atoms with Crippen LogP contribution in [0.1, 0.15) is 10.4 Å². The lowest BCUT2D eigenvalue weighted by atomic mass is 10.2. The molecule has 1 amide bonds. The highest BCUT2D eigenvalue weighted by molar-refractivity contribution is 6.29. The molecule has 1 heterocycles. The van der Waals surface area contributed by atoms with E-state index in [-0.39, 0.29) is 16.5 Å². The number of hydrogen-bond acceptors (Lipinski definition) is 3. The minimum absolute atomic E-state index is 0.250. The summed E-state index contributed by atoms with van der Waals surface area (Å²) in [6.07, 6.45) is -3.46. The Morgan fingerprint density at radius 2 is 1.81 bits per heavy atom. The van der Waals surface area contributed by atoms with Crippen LogP contribution in [0.25, 0.3) is 0 Å². The van der Waals surface area contributed by atoms with E-state index in [0.29, 0.717) is 5.69 Å². The fourth-order valence-corrected chi connectivity index (χ4v) is 1.57. The Hall–Kier alpha value is -2.28. The number of ether oxygens (including phenoxy) is 1. The van der Waals surface area contributed by atoms with Gasteiger partial charge in [0.1, 0.15) is 10.9 Å². The van der Waals surface area contributed by atoms with Gasteiger partial charge in [-0.1, -0.05) is 11.6 Å². The molecule has 0 fully saturated rings. The number of anilines is 1. The van der Waals surface area contributed by atoms with Gasteiger partial charge in [-0.15, -0.1) is 13.2 Å². The summed E-state index contributed by atoms with van der Waals surface area (Å²) in [4.78, 5) is 15.6. The van der Waals surface area contributed by atoms with Crippen molar-refractivity contribution in [2.75, 3.05) is 5.32 Å². The van der Waals surface area contributed by atoms with E-state index in [0.717, 1.165) is 12.1 Å². The molecule has 4 nitrogen and oxygen atoms in total. The molecule has 0 saturated heterocycles. The summed E-state index contributed by atoms with van der Waals surface area (Å²) in [5, 5.41) is 2.76. The highest BCUT2D eigenvalue weighted by atomic mass is 35.5. The molecular weight excluding hydrogens is 309 g/mol. The van der Waals surface area contributed by atoms with E-state index in [1.165, 1.54) is 30.5 Å². The monoisotopic (exact) mass is 316 g/mol. The molecule has 0 spiro atoms. The molecule has 0 saturated carbocycles. The molecule has 1 N–H and O–H groups in total. The first kappa shape index (κ1) is 15.1. The lowest BCUT2D eigenvalue weighted by Crippen LogP contribution is -2.17. The zero-order valence-corrected chi connectivity index (χ0v) is 11.1. The molecule has 0 atom stereocenters. The van der Waals surface area contributed by atoms with E-state index >= 15 is 0 Å². The Morgan fingerprint density at radius 3 is 2.33 bits per heavy atom. The second-order valence-electron chi connectivity index (χ2n) is 3.90. The number of carbonyl (C=O) groups is 1. The first-order valence-electron chi connectivity index (χ1n) is 5.62.